The van der Waals surface area contributed by atoms with Crippen molar-refractivity contribution in [2.45, 2.75) is 38.5 Å². The number of fused-ring (bicyclic) bond motifs is 9. The molecule has 0 saturated heterocycles. The van der Waals surface area contributed by atoms with Gasteiger partial charge in [0.25, 0.3) is 0 Å². The molecule has 0 amide bonds. The molecule has 103 heavy (non-hydrogen) atoms. The second-order valence-electron chi connectivity index (χ2n) is 26.8. The lowest BCUT2D eigenvalue weighted by Gasteiger charge is -2.36. The van der Waals surface area contributed by atoms with E-state index in [0.717, 1.165) is 123 Å². The van der Waals surface area contributed by atoms with Crippen molar-refractivity contribution in [1.29, 1.82) is 0 Å². The Morgan fingerprint density at radius 2 is 0.650 bits per heavy atom. The maximum atomic E-state index is 16.0. The zero-order chi connectivity index (χ0) is 70.4. The van der Waals surface area contributed by atoms with E-state index in [0.29, 0.717) is 68.3 Å². The summed E-state index contributed by atoms with van der Waals surface area (Å²) in [5.74, 6) is -1.20. The van der Waals surface area contributed by atoms with Crippen LogP contribution in [0.25, 0.3) is 56.3 Å². The first-order valence-electron chi connectivity index (χ1n) is 34.3. The molecule has 14 aromatic carbocycles. The first kappa shape index (κ1) is 63.7. The van der Waals surface area contributed by atoms with Crippen molar-refractivity contribution >= 4 is 68.2 Å². The van der Waals surface area contributed by atoms with Crippen molar-refractivity contribution in [2.75, 3.05) is 9.80 Å². The van der Waals surface area contributed by atoms with Gasteiger partial charge in [0.05, 0.1) is 10.8 Å². The van der Waals surface area contributed by atoms with Gasteiger partial charge in [-0.05, 0) is 238 Å². The van der Waals surface area contributed by atoms with Gasteiger partial charge in [-0.2, -0.15) is 0 Å². The Morgan fingerprint density at radius 3 is 1.04 bits per heavy atom. The predicted molar refractivity (Wildman–Crippen MR) is 410 cm³/mol. The van der Waals surface area contributed by atoms with Gasteiger partial charge in [-0.3, -0.25) is 0 Å². The van der Waals surface area contributed by atoms with Crippen molar-refractivity contribution in [3.63, 3.8) is 0 Å². The second-order valence-corrected chi connectivity index (χ2v) is 26.8. The highest BCUT2D eigenvalue weighted by atomic mass is 19.2. The molecule has 0 fully saturated rings. The molecule has 9 heteroatoms. The highest BCUT2D eigenvalue weighted by Gasteiger charge is 2.49. The Balaban J connectivity index is 0.803. The number of anilines is 6. The Morgan fingerprint density at radius 1 is 0.311 bits per heavy atom. The van der Waals surface area contributed by atoms with Crippen LogP contribution in [-0.4, -0.2) is 0 Å². The molecule has 0 bridgehead atoms. The van der Waals surface area contributed by atoms with Crippen molar-refractivity contribution in [1.82, 2.24) is 0 Å². The van der Waals surface area contributed by atoms with Crippen LogP contribution in [0.3, 0.4) is 0 Å². The third-order valence-electron chi connectivity index (χ3n) is 20.7. The zero-order valence-electron chi connectivity index (χ0n) is 56.9. The molecular formula is C94H66F4N2O3. The number of hydrogen-bond donors (Lipinski definition) is 0. The Hall–Kier alpha value is -12.7. The van der Waals surface area contributed by atoms with Gasteiger partial charge in [0.1, 0.15) is 34.2 Å². The first-order valence-corrected chi connectivity index (χ1v) is 34.3. The van der Waals surface area contributed by atoms with Crippen LogP contribution in [0.4, 0.5) is 51.7 Å². The molecule has 498 valence electrons. The van der Waals surface area contributed by atoms with E-state index in [9.17, 15) is 0 Å². The van der Waals surface area contributed by atoms with Crippen LogP contribution in [0, 0.1) is 51.0 Å². The van der Waals surface area contributed by atoms with E-state index in [1.54, 1.807) is 24.3 Å². The lowest BCUT2D eigenvalue weighted by molar-refractivity contribution is 0.482. The fourth-order valence-corrected chi connectivity index (χ4v) is 15.9. The van der Waals surface area contributed by atoms with Crippen molar-refractivity contribution in [2.24, 2.45) is 0 Å². The fourth-order valence-electron chi connectivity index (χ4n) is 15.9. The van der Waals surface area contributed by atoms with Crippen LogP contribution < -0.4 is 19.3 Å². The van der Waals surface area contributed by atoms with Gasteiger partial charge >= 0.3 is 0 Å². The van der Waals surface area contributed by atoms with E-state index in [1.165, 1.54) is 12.1 Å². The molecule has 2 unspecified atom stereocenters. The summed E-state index contributed by atoms with van der Waals surface area (Å²) in [5, 5.41) is 1.59. The lowest BCUT2D eigenvalue weighted by Crippen LogP contribution is -2.30. The summed E-state index contributed by atoms with van der Waals surface area (Å²) in [6, 6.07) is 94.9. The highest BCUT2D eigenvalue weighted by Crippen LogP contribution is 2.61. The van der Waals surface area contributed by atoms with Crippen molar-refractivity contribution in [3.8, 4) is 45.3 Å². The van der Waals surface area contributed by atoms with Crippen molar-refractivity contribution in [3.05, 3.63) is 406 Å². The average molecular weight is 1350 g/mol. The van der Waals surface area contributed by atoms with Gasteiger partial charge in [0.15, 0.2) is 23.3 Å². The summed E-state index contributed by atoms with van der Waals surface area (Å²) in [5.41, 5.74) is 21.6. The van der Waals surface area contributed by atoms with Crippen LogP contribution in [0.2, 0.25) is 0 Å². The summed E-state index contributed by atoms with van der Waals surface area (Å²) in [4.78, 5) is 3.88. The molecule has 2 atom stereocenters. The van der Waals surface area contributed by atoms with E-state index in [1.807, 2.05) is 131 Å². The van der Waals surface area contributed by atoms with Gasteiger partial charge in [0.2, 0.25) is 0 Å². The zero-order valence-corrected chi connectivity index (χ0v) is 56.9. The smallest absolute Gasteiger partial charge is 0.160 e. The highest BCUT2D eigenvalue weighted by molar-refractivity contribution is 6.08. The fraction of sp³-hybridized carbons (Fsp3) is 0.0638. The summed E-state index contributed by atoms with van der Waals surface area (Å²) in [6.07, 6.45) is 3.60. The van der Waals surface area contributed by atoms with Crippen LogP contribution in [0.5, 0.6) is 23.0 Å². The van der Waals surface area contributed by atoms with Crippen LogP contribution in [-0.2, 0) is 10.8 Å². The quantitative estimate of drug-likeness (QED) is 0.0902. The first-order chi connectivity index (χ1) is 50.2. The largest absolute Gasteiger partial charge is 0.457 e. The van der Waals surface area contributed by atoms with Gasteiger partial charge in [-0.25, -0.2) is 17.6 Å². The number of benzene rings is 14. The molecule has 0 aliphatic heterocycles. The summed E-state index contributed by atoms with van der Waals surface area (Å²) in [6.45, 7) is 16.3. The molecule has 2 aliphatic rings. The van der Waals surface area contributed by atoms with Crippen LogP contribution >= 0.6 is 0 Å². The average Bonchev–Trinajstić information content (AvgIpc) is 1.55. The number of aryl methyl sites for hydroxylation is 4. The third kappa shape index (κ3) is 10.6. The standard InChI is InChI=1S/C94H66F4N2O3/c1-7-61-21-35-71(36-22-61)101-73-39-25-63(26-40-73)93(83-49-57(3)17-19-59(83)5)81-15-11-9-13-75(81)77-43-29-65(51-85(77)93)99(67-33-47-87(95)89(97)53-67)69-31-45-79-80-46-32-70(56-92(80)103-91(79)55-69)100(68-34-48-88(96)90(98)54-68)66-30-44-78-76-14-10-12-16-82(76)94(86(78)52-66,84-50-58(4)18-20-60(84)6)64-27-41-74(42-28-64)102-72-37-23-62(8-2)24-38-72/h7-56H,1-2H2,3-6H3. The lowest BCUT2D eigenvalue weighted by atomic mass is 9.66. The summed E-state index contributed by atoms with van der Waals surface area (Å²) in [7, 11) is 0. The number of nitrogens with zero attached hydrogens (tertiary/aromatic N) is 2. The minimum atomic E-state index is -1.00. The SMILES string of the molecule is C=Cc1ccc(Oc2ccc(C3(c4cc(C)ccc4C)c4ccccc4-c4ccc(N(c5ccc(F)c(F)c5)c5ccc6c(c5)oc5cc(N(c7ccc(F)c(F)c7)c7ccc8c(c7)C(c7ccc(Oc9ccc(C=C)cc9)cc7)(c7cc(C)ccc7C)c7ccccc7-8)ccc56)cc43)cc2)cc1. The third-order valence-corrected chi connectivity index (χ3v) is 20.7. The number of ether oxygens (including phenoxy) is 2. The van der Waals surface area contributed by atoms with Gasteiger partial charge in [-0.15, -0.1) is 0 Å². The monoisotopic (exact) mass is 1350 g/mol. The Labute approximate surface area is 595 Å². The van der Waals surface area contributed by atoms with Crippen LogP contribution in [0.15, 0.2) is 309 Å². The summed E-state index contributed by atoms with van der Waals surface area (Å²) < 4.78 is 82.3. The molecule has 0 spiro atoms. The molecule has 0 saturated carbocycles. The van der Waals surface area contributed by atoms with Crippen molar-refractivity contribution < 1.29 is 31.5 Å². The van der Waals surface area contributed by atoms with E-state index in [-0.39, 0.29) is 0 Å². The second kappa shape index (κ2) is 25.2. The van der Waals surface area contributed by atoms with Crippen LogP contribution in [0.1, 0.15) is 77.9 Å². The molecule has 17 rings (SSSR count). The molecule has 2 aliphatic carbocycles. The number of hydrogen-bond acceptors (Lipinski definition) is 5. The van der Waals surface area contributed by atoms with E-state index < -0.39 is 34.1 Å². The number of furan rings is 1. The topological polar surface area (TPSA) is 38.1 Å². The minimum Gasteiger partial charge on any atom is -0.457 e. The predicted octanol–water partition coefficient (Wildman–Crippen LogP) is 25.9. The minimum absolute atomic E-state index is 0.380. The Kier molecular flexibility index (Phi) is 15.6. The molecule has 1 aromatic heterocycles. The number of rotatable bonds is 16. The maximum absolute atomic E-state index is 16.0. The van der Waals surface area contributed by atoms with Gasteiger partial charge in [-0.1, -0.05) is 182 Å². The van der Waals surface area contributed by atoms with E-state index in [4.69, 9.17) is 13.9 Å². The number of halogens is 4. The molecular weight excluding hydrogens is 1280 g/mol. The summed E-state index contributed by atoms with van der Waals surface area (Å²) >= 11 is 0. The van der Waals surface area contributed by atoms with E-state index in [2.05, 4.69) is 174 Å². The van der Waals surface area contributed by atoms with Gasteiger partial charge < -0.3 is 23.7 Å². The molecule has 15 aromatic rings. The van der Waals surface area contributed by atoms with E-state index >= 15 is 17.6 Å². The maximum Gasteiger partial charge on any atom is 0.160 e. The Bertz CT molecular complexity index is 5560. The molecule has 5 nitrogen and oxygen atoms in total. The normalized spacial score (nSPS) is 14.8. The molecule has 1 heterocycles. The molecule has 0 N–H and O–H groups in total. The molecule has 0 radical (unpaired) electrons. The van der Waals surface area contributed by atoms with Gasteiger partial charge in [0, 0.05) is 69.2 Å².